The Labute approximate surface area is 276 Å². The van der Waals surface area contributed by atoms with Crippen molar-refractivity contribution in [3.8, 4) is 5.69 Å². The van der Waals surface area contributed by atoms with Gasteiger partial charge in [0.25, 0.3) is 0 Å². The minimum atomic E-state index is -0.740. The van der Waals surface area contributed by atoms with Crippen molar-refractivity contribution in [2.75, 3.05) is 49.0 Å². The summed E-state index contributed by atoms with van der Waals surface area (Å²) in [7, 11) is 4.63. The highest BCUT2D eigenvalue weighted by Gasteiger charge is 2.13. The highest BCUT2D eigenvalue weighted by atomic mass is 35.5. The van der Waals surface area contributed by atoms with Crippen LogP contribution < -0.4 is 32.3 Å². The van der Waals surface area contributed by atoms with E-state index >= 15 is 0 Å². The molecule has 0 aliphatic carbocycles. The molecule has 0 spiro atoms. The van der Waals surface area contributed by atoms with Gasteiger partial charge in [0.05, 0.1) is 25.9 Å². The van der Waals surface area contributed by atoms with Gasteiger partial charge in [0.15, 0.2) is 10.3 Å². The molecule has 3 heterocycles. The number of hydrogen-bond donors (Lipinski definition) is 3. The van der Waals surface area contributed by atoms with E-state index in [1.54, 1.807) is 14.1 Å². The number of carbonyl (C=O) groups excluding carboxylic acids is 1. The molecule has 5 aromatic rings. The van der Waals surface area contributed by atoms with E-state index in [-0.39, 0.29) is 11.1 Å². The first kappa shape index (κ1) is 35.4. The van der Waals surface area contributed by atoms with E-state index in [4.69, 9.17) is 27.7 Å². The summed E-state index contributed by atoms with van der Waals surface area (Å²) < 4.78 is 7.52. The summed E-state index contributed by atoms with van der Waals surface area (Å²) in [5.41, 5.74) is 0.689. The van der Waals surface area contributed by atoms with Crippen molar-refractivity contribution in [3.05, 3.63) is 73.5 Å². The lowest BCUT2D eigenvalue weighted by molar-refractivity contribution is 0.249. The van der Waals surface area contributed by atoms with Crippen LogP contribution in [0.4, 0.5) is 21.8 Å². The third-order valence-corrected chi connectivity index (χ3v) is 8.00. The van der Waals surface area contributed by atoms with Crippen molar-refractivity contribution in [1.29, 1.82) is 0 Å². The van der Waals surface area contributed by atoms with Crippen LogP contribution in [-0.2, 0) is 7.05 Å². The number of halogens is 2. The van der Waals surface area contributed by atoms with Gasteiger partial charge in [-0.25, -0.2) is 23.9 Å². The molecule has 3 N–H and O–H groups in total. The summed E-state index contributed by atoms with van der Waals surface area (Å²) >= 11 is 14.5. The van der Waals surface area contributed by atoms with E-state index in [1.165, 1.54) is 53.2 Å². The lowest BCUT2D eigenvalue weighted by Gasteiger charge is -2.11. The van der Waals surface area contributed by atoms with Gasteiger partial charge in [0.2, 0.25) is 11.9 Å². The highest BCUT2D eigenvalue weighted by Crippen LogP contribution is 2.27. The van der Waals surface area contributed by atoms with Gasteiger partial charge in [-0.2, -0.15) is 15.0 Å². The smallest absolute Gasteiger partial charge is 0.354 e. The van der Waals surface area contributed by atoms with Crippen molar-refractivity contribution < 1.29 is 9.32 Å². The molecular weight excluding hydrogens is 663 g/mol. The minimum absolute atomic E-state index is 0.158. The lowest BCUT2D eigenvalue weighted by atomic mass is 10.3. The van der Waals surface area contributed by atoms with Crippen LogP contribution in [-0.4, -0.2) is 68.7 Å². The number of fused-ring (bicyclic) bond motifs is 1. The number of para-hydroxylation sites is 1. The topological polar surface area (TPSA) is 165 Å². The first-order valence-corrected chi connectivity index (χ1v) is 16.2. The zero-order valence-corrected chi connectivity index (χ0v) is 28.4. The first-order valence-electron chi connectivity index (χ1n) is 13.4. The summed E-state index contributed by atoms with van der Waals surface area (Å²) in [6, 6.07) is 12.1. The number of thioether (sulfide) groups is 1. The molecule has 2 aromatic carbocycles. The number of nitrogens with zero attached hydrogens (tertiary/aromatic N) is 7. The fourth-order valence-electron chi connectivity index (χ4n) is 3.35. The number of amides is 2. The van der Waals surface area contributed by atoms with Crippen molar-refractivity contribution in [1.82, 2.24) is 34.6 Å². The number of aromatic nitrogens is 6. The fourth-order valence-corrected chi connectivity index (χ4v) is 4.92. The minimum Gasteiger partial charge on any atom is -0.354 e. The van der Waals surface area contributed by atoms with Crippen LogP contribution in [0.3, 0.4) is 0 Å². The molecule has 0 bridgehead atoms. The van der Waals surface area contributed by atoms with Gasteiger partial charge in [-0.15, -0.1) is 4.74 Å². The molecule has 0 saturated carbocycles. The maximum atomic E-state index is 11.5. The van der Waals surface area contributed by atoms with Crippen molar-refractivity contribution in [3.63, 3.8) is 0 Å². The Morgan fingerprint density at radius 2 is 1.64 bits per heavy atom. The van der Waals surface area contributed by atoms with Gasteiger partial charge < -0.3 is 20.5 Å². The molecule has 0 aliphatic rings. The Morgan fingerprint density at radius 1 is 1.00 bits per heavy atom. The van der Waals surface area contributed by atoms with Crippen LogP contribution in [0.15, 0.2) is 61.7 Å². The third kappa shape index (κ3) is 9.43. The molecular formula is C27H32Cl2N10O4S2. The summed E-state index contributed by atoms with van der Waals surface area (Å²) in [6.07, 6.45) is 1.95. The molecule has 5 rings (SSSR count). The third-order valence-electron chi connectivity index (χ3n) is 5.60. The van der Waals surface area contributed by atoms with Gasteiger partial charge in [0.1, 0.15) is 0 Å². The van der Waals surface area contributed by atoms with E-state index in [0.717, 1.165) is 37.8 Å². The van der Waals surface area contributed by atoms with E-state index in [9.17, 15) is 14.4 Å². The number of nitrogens with one attached hydrogen (secondary N) is 3. The Hall–Kier alpha value is -4.12. The van der Waals surface area contributed by atoms with Gasteiger partial charge in [-0.3, -0.25) is 4.90 Å². The van der Waals surface area contributed by atoms with Crippen LogP contribution in [0, 0.1) is 0 Å². The number of rotatable bonds is 7. The second-order valence-corrected chi connectivity index (χ2v) is 11.3. The maximum Gasteiger partial charge on any atom is 0.442 e. The number of benzene rings is 2. The van der Waals surface area contributed by atoms with E-state index in [1.807, 2.05) is 44.4 Å². The highest BCUT2D eigenvalue weighted by molar-refractivity contribution is 7.98. The van der Waals surface area contributed by atoms with Crippen molar-refractivity contribution in [2.24, 2.45) is 7.05 Å². The summed E-state index contributed by atoms with van der Waals surface area (Å²) in [5.74, 6) is 0.515. The number of carbonyl (C=O) groups is 1. The van der Waals surface area contributed by atoms with E-state index in [0.29, 0.717) is 27.7 Å². The normalized spacial score (nSPS) is 10.3. The summed E-state index contributed by atoms with van der Waals surface area (Å²) in [4.78, 5) is 52.5. The number of thiazole rings is 1. The van der Waals surface area contributed by atoms with E-state index < -0.39 is 11.4 Å². The number of urea groups is 1. The van der Waals surface area contributed by atoms with Crippen molar-refractivity contribution >= 4 is 79.6 Å². The summed E-state index contributed by atoms with van der Waals surface area (Å²) in [5, 5.41) is 10.8. The van der Waals surface area contributed by atoms with Crippen LogP contribution in [0.5, 0.6) is 0 Å². The van der Waals surface area contributed by atoms with Crippen LogP contribution in [0.1, 0.15) is 13.8 Å². The molecule has 14 nitrogen and oxygen atoms in total. The number of anilines is 3. The van der Waals surface area contributed by atoms with Crippen LogP contribution >= 0.6 is 46.3 Å². The van der Waals surface area contributed by atoms with Gasteiger partial charge in [-0.1, -0.05) is 58.4 Å². The average molecular weight is 696 g/mol. The van der Waals surface area contributed by atoms with Gasteiger partial charge >= 0.3 is 17.5 Å². The fraction of sp³-hybridized carbons (Fsp3) is 0.296. The molecule has 3 aromatic heterocycles. The Balaban J connectivity index is 0.000000185. The predicted octanol–water partition coefficient (Wildman–Crippen LogP) is 4.97. The monoisotopic (exact) mass is 694 g/mol. The molecule has 0 atom stereocenters. The molecule has 0 fully saturated rings. The lowest BCUT2D eigenvalue weighted by Crippen LogP contribution is -2.34. The molecule has 0 saturated heterocycles. The van der Waals surface area contributed by atoms with Crippen molar-refractivity contribution in [2.45, 2.75) is 19.0 Å². The quantitative estimate of drug-likeness (QED) is 0.197. The summed E-state index contributed by atoms with van der Waals surface area (Å²) in [6.45, 7) is 5.64. The molecule has 0 unspecified atom stereocenters. The second kappa shape index (κ2) is 16.8. The molecule has 0 aliphatic heterocycles. The Morgan fingerprint density at radius 3 is 2.16 bits per heavy atom. The predicted molar refractivity (Wildman–Crippen MR) is 182 cm³/mol. The Bertz CT molecular complexity index is 1800. The second-order valence-electron chi connectivity index (χ2n) is 8.70. The molecule has 2 amide bonds. The Kier molecular flexibility index (Phi) is 13.2. The number of hydrogen-bond acceptors (Lipinski definition) is 12. The van der Waals surface area contributed by atoms with Gasteiger partial charge in [-0.05, 0) is 50.4 Å². The van der Waals surface area contributed by atoms with Gasteiger partial charge in [0, 0.05) is 34.2 Å². The largest absolute Gasteiger partial charge is 0.442 e. The van der Waals surface area contributed by atoms with Crippen LogP contribution in [0.2, 0.25) is 10.0 Å². The zero-order chi connectivity index (χ0) is 33.1. The maximum absolute atomic E-state index is 11.5. The van der Waals surface area contributed by atoms with E-state index in [2.05, 4.69) is 35.9 Å². The standard InChI is InChI=1S/C10H11N3OS.C9H6Cl2N2O3.C8H15N5S/c1-11-9(14)13(2)10-12-7-5-3-4-6-8(7)15-10;1-12-8(14)13(16-9(12)15)5-2-3-6(10)7(11)4-5;1-4-9-6-11-7(10-5-2)13-8(12-6)14-3/h3-6H,1-2H3,(H,11,14);2-4H,1H3;4-5H2,1-3H3,(H2,9,10,11,12,13). The molecule has 45 heavy (non-hydrogen) atoms. The first-order chi connectivity index (χ1) is 21.5. The molecule has 240 valence electrons. The van der Waals surface area contributed by atoms with Crippen LogP contribution in [0.25, 0.3) is 15.9 Å². The zero-order valence-electron chi connectivity index (χ0n) is 25.3. The average Bonchev–Trinajstić information content (AvgIpc) is 3.59. The molecule has 0 radical (unpaired) electrons. The SMILES string of the molecule is CCNc1nc(NCC)nc(SC)n1.CNC(=O)N(C)c1nc2ccccc2s1.Cn1c(=O)on(-c2ccc(Cl)c(Cl)c2)c1=O. The molecule has 18 heteroatoms.